The predicted molar refractivity (Wildman–Crippen MR) is 51.5 cm³/mol. The number of alkyl halides is 3. The molecule has 0 aromatic heterocycles. The minimum absolute atomic E-state index is 0.568. The van der Waals surface area contributed by atoms with E-state index in [0.29, 0.717) is 5.56 Å². The van der Waals surface area contributed by atoms with Crippen LogP contribution in [0.25, 0.3) is 0 Å². The fourth-order valence-corrected chi connectivity index (χ4v) is 1.55. The van der Waals surface area contributed by atoms with Crippen molar-refractivity contribution in [3.05, 3.63) is 34.9 Å². The van der Waals surface area contributed by atoms with Crippen molar-refractivity contribution in [3.8, 4) is 0 Å². The van der Waals surface area contributed by atoms with Gasteiger partial charge in [-0.25, -0.2) is 0 Å². The molecule has 84 valence electrons. The minimum atomic E-state index is -4.59. The van der Waals surface area contributed by atoms with Gasteiger partial charge < -0.3 is 0 Å². The first-order chi connectivity index (χ1) is 6.79. The highest BCUT2D eigenvalue weighted by Crippen LogP contribution is 2.29. The molecular formula is C11H13F3O. The van der Waals surface area contributed by atoms with Crippen LogP contribution in [0.15, 0.2) is 18.2 Å². The van der Waals surface area contributed by atoms with Crippen molar-refractivity contribution < 1.29 is 17.9 Å². The van der Waals surface area contributed by atoms with Crippen LogP contribution in [0.4, 0.5) is 13.2 Å². The summed E-state index contributed by atoms with van der Waals surface area (Å²) in [6.45, 7) is 5.07. The normalized spacial score (nSPS) is 14.0. The average molecular weight is 218 g/mol. The van der Waals surface area contributed by atoms with E-state index in [4.69, 9.17) is 0 Å². The van der Waals surface area contributed by atoms with Crippen molar-refractivity contribution >= 4 is 0 Å². The number of benzene rings is 1. The van der Waals surface area contributed by atoms with Crippen molar-refractivity contribution in [2.75, 3.05) is 0 Å². The molecule has 0 aliphatic rings. The maximum absolute atomic E-state index is 12.0. The molecule has 1 atom stereocenters. The van der Waals surface area contributed by atoms with Gasteiger partial charge in [0.25, 0.3) is 0 Å². The summed E-state index contributed by atoms with van der Waals surface area (Å²) in [6, 6.07) is 5.28. The van der Waals surface area contributed by atoms with Crippen molar-refractivity contribution in [2.24, 2.45) is 0 Å². The molecule has 4 heteroatoms. The van der Waals surface area contributed by atoms with Gasteiger partial charge in [-0.1, -0.05) is 23.8 Å². The summed E-state index contributed by atoms with van der Waals surface area (Å²) < 4.78 is 39.9. The Labute approximate surface area is 86.9 Å². The van der Waals surface area contributed by atoms with Gasteiger partial charge in [-0.2, -0.15) is 0 Å². The topological polar surface area (TPSA) is 9.23 Å². The predicted octanol–water partition coefficient (Wildman–Crippen LogP) is 3.90. The Morgan fingerprint density at radius 3 is 2.27 bits per heavy atom. The monoisotopic (exact) mass is 218 g/mol. The van der Waals surface area contributed by atoms with E-state index in [-0.39, 0.29) is 0 Å². The number of hydrogen-bond acceptors (Lipinski definition) is 1. The van der Waals surface area contributed by atoms with Crippen LogP contribution in [0, 0.1) is 13.8 Å². The van der Waals surface area contributed by atoms with E-state index in [1.165, 1.54) is 6.92 Å². The molecule has 1 aromatic rings. The summed E-state index contributed by atoms with van der Waals surface area (Å²) >= 11 is 0. The standard InChI is InChI=1S/C11H13F3O/c1-7-4-5-10(8(2)6-7)9(3)15-11(12,13)14/h4-6,9H,1-3H3/t9-/m1/s1. The zero-order valence-electron chi connectivity index (χ0n) is 8.85. The second-order valence-corrected chi connectivity index (χ2v) is 3.57. The Hall–Kier alpha value is -1.03. The van der Waals surface area contributed by atoms with Crippen LogP contribution in [0.1, 0.15) is 29.7 Å². The van der Waals surface area contributed by atoms with E-state index in [9.17, 15) is 13.2 Å². The van der Waals surface area contributed by atoms with Gasteiger partial charge in [0.2, 0.25) is 0 Å². The summed E-state index contributed by atoms with van der Waals surface area (Å²) in [7, 11) is 0. The number of ether oxygens (including phenoxy) is 1. The van der Waals surface area contributed by atoms with Gasteiger partial charge in [-0.3, -0.25) is 4.74 Å². The summed E-state index contributed by atoms with van der Waals surface area (Å²) in [5.41, 5.74) is 2.40. The first kappa shape index (κ1) is 12.0. The molecule has 0 radical (unpaired) electrons. The summed E-state index contributed by atoms with van der Waals surface area (Å²) in [6.07, 6.45) is -5.55. The van der Waals surface area contributed by atoms with E-state index in [0.717, 1.165) is 11.1 Å². The van der Waals surface area contributed by atoms with Gasteiger partial charge in [-0.15, -0.1) is 13.2 Å². The molecule has 0 unspecified atom stereocenters. The molecule has 15 heavy (non-hydrogen) atoms. The second-order valence-electron chi connectivity index (χ2n) is 3.57. The number of aryl methyl sites for hydroxylation is 2. The van der Waals surface area contributed by atoms with Crippen molar-refractivity contribution in [1.82, 2.24) is 0 Å². The average Bonchev–Trinajstić information content (AvgIpc) is 1.99. The zero-order valence-corrected chi connectivity index (χ0v) is 8.85. The lowest BCUT2D eigenvalue weighted by atomic mass is 10.0. The Kier molecular flexibility index (Phi) is 3.39. The lowest BCUT2D eigenvalue weighted by molar-refractivity contribution is -0.342. The van der Waals surface area contributed by atoms with Gasteiger partial charge in [0.15, 0.2) is 0 Å². The van der Waals surface area contributed by atoms with Crippen molar-refractivity contribution in [3.63, 3.8) is 0 Å². The maximum Gasteiger partial charge on any atom is 0.523 e. The fourth-order valence-electron chi connectivity index (χ4n) is 1.55. The van der Waals surface area contributed by atoms with Crippen molar-refractivity contribution in [2.45, 2.75) is 33.2 Å². The molecule has 0 aliphatic carbocycles. The Morgan fingerprint density at radius 1 is 1.20 bits per heavy atom. The molecule has 1 aromatic carbocycles. The third kappa shape index (κ3) is 3.55. The summed E-state index contributed by atoms with van der Waals surface area (Å²) in [4.78, 5) is 0. The molecule has 0 N–H and O–H groups in total. The second kappa shape index (κ2) is 4.23. The largest absolute Gasteiger partial charge is 0.523 e. The lowest BCUT2D eigenvalue weighted by Crippen LogP contribution is -2.16. The van der Waals surface area contributed by atoms with E-state index >= 15 is 0 Å². The van der Waals surface area contributed by atoms with Crippen LogP contribution in [0.3, 0.4) is 0 Å². The third-order valence-corrected chi connectivity index (χ3v) is 2.17. The highest BCUT2D eigenvalue weighted by atomic mass is 19.4. The van der Waals surface area contributed by atoms with Crippen molar-refractivity contribution in [1.29, 1.82) is 0 Å². The molecule has 0 spiro atoms. The highest BCUT2D eigenvalue weighted by Gasteiger charge is 2.32. The van der Waals surface area contributed by atoms with Crippen LogP contribution in [0.5, 0.6) is 0 Å². The third-order valence-electron chi connectivity index (χ3n) is 2.17. The SMILES string of the molecule is Cc1ccc([C@@H](C)OC(F)(F)F)c(C)c1. The molecule has 0 saturated heterocycles. The molecular weight excluding hydrogens is 205 g/mol. The molecule has 0 fully saturated rings. The molecule has 0 aliphatic heterocycles. The Bertz CT molecular complexity index is 344. The zero-order chi connectivity index (χ0) is 11.6. The smallest absolute Gasteiger partial charge is 0.284 e. The lowest BCUT2D eigenvalue weighted by Gasteiger charge is -2.17. The molecule has 1 rings (SSSR count). The molecule has 0 amide bonds. The number of rotatable bonds is 2. The van der Waals surface area contributed by atoms with E-state index in [2.05, 4.69) is 4.74 Å². The Balaban J connectivity index is 2.87. The maximum atomic E-state index is 12.0. The van der Waals surface area contributed by atoms with Crippen LogP contribution in [-0.4, -0.2) is 6.36 Å². The minimum Gasteiger partial charge on any atom is -0.284 e. The Morgan fingerprint density at radius 2 is 1.80 bits per heavy atom. The number of hydrogen-bond donors (Lipinski definition) is 0. The summed E-state index contributed by atoms with van der Waals surface area (Å²) in [5, 5.41) is 0. The van der Waals surface area contributed by atoms with E-state index in [1.54, 1.807) is 19.1 Å². The molecule has 1 nitrogen and oxygen atoms in total. The summed E-state index contributed by atoms with van der Waals surface area (Å²) in [5.74, 6) is 0. The molecule has 0 saturated carbocycles. The fraction of sp³-hybridized carbons (Fsp3) is 0.455. The highest BCUT2D eigenvalue weighted by molar-refractivity contribution is 5.31. The van der Waals surface area contributed by atoms with Crippen LogP contribution in [-0.2, 0) is 4.74 Å². The van der Waals surface area contributed by atoms with E-state index < -0.39 is 12.5 Å². The van der Waals surface area contributed by atoms with Crippen LogP contribution >= 0.6 is 0 Å². The quantitative estimate of drug-likeness (QED) is 0.731. The van der Waals surface area contributed by atoms with Crippen LogP contribution in [0.2, 0.25) is 0 Å². The molecule has 0 heterocycles. The van der Waals surface area contributed by atoms with Crippen LogP contribution < -0.4 is 0 Å². The van der Waals surface area contributed by atoms with Gasteiger partial charge in [0.1, 0.15) is 0 Å². The van der Waals surface area contributed by atoms with Gasteiger partial charge in [0, 0.05) is 0 Å². The van der Waals surface area contributed by atoms with E-state index in [1.807, 2.05) is 13.0 Å². The number of halogens is 3. The molecule has 0 bridgehead atoms. The van der Waals surface area contributed by atoms with Gasteiger partial charge in [-0.05, 0) is 31.9 Å². The first-order valence-electron chi connectivity index (χ1n) is 4.61. The van der Waals surface area contributed by atoms with Gasteiger partial charge in [0.05, 0.1) is 6.10 Å². The van der Waals surface area contributed by atoms with Gasteiger partial charge >= 0.3 is 6.36 Å². The first-order valence-corrected chi connectivity index (χ1v) is 4.61.